The number of rotatable bonds is 10. The van der Waals surface area contributed by atoms with E-state index in [2.05, 4.69) is 20.6 Å². The summed E-state index contributed by atoms with van der Waals surface area (Å²) in [5.41, 5.74) is 7.81. The molecule has 2 amide bonds. The minimum absolute atomic E-state index is 0.0674. The molecule has 0 saturated carbocycles. The Kier molecular flexibility index (Phi) is 7.14. The highest BCUT2D eigenvalue weighted by atomic mass is 16.5. The average molecular weight is 386 g/mol. The number of ether oxygens (including phenoxy) is 1. The lowest BCUT2D eigenvalue weighted by atomic mass is 10.1. The van der Waals surface area contributed by atoms with Crippen molar-refractivity contribution in [3.63, 3.8) is 0 Å². The molecule has 1 heterocycles. The summed E-state index contributed by atoms with van der Waals surface area (Å²) in [4.78, 5) is 33.2. The molecule has 0 radical (unpaired) electrons. The first-order chi connectivity index (χ1) is 13.4. The van der Waals surface area contributed by atoms with Crippen molar-refractivity contribution in [1.29, 1.82) is 0 Å². The van der Waals surface area contributed by atoms with Crippen LogP contribution in [-0.4, -0.2) is 49.5 Å². The summed E-state index contributed by atoms with van der Waals surface area (Å²) in [6.07, 6.45) is 1.28. The number of nitrogens with one attached hydrogen (secondary N) is 2. The Morgan fingerprint density at radius 1 is 1.32 bits per heavy atom. The van der Waals surface area contributed by atoms with Gasteiger partial charge in [-0.05, 0) is 38.0 Å². The Balaban J connectivity index is 2.43. The third-order valence-electron chi connectivity index (χ3n) is 4.22. The quantitative estimate of drug-likeness (QED) is 0.416. The molecule has 1 aromatic heterocycles. The fraction of sp³-hybridized carbons (Fsp3) is 0.368. The number of aromatic nitrogens is 2. The molecule has 0 bridgehead atoms. The maximum Gasteiger partial charge on any atom is 0.271 e. The van der Waals surface area contributed by atoms with E-state index < -0.39 is 5.91 Å². The molecule has 0 unspecified atom stereocenters. The van der Waals surface area contributed by atoms with E-state index in [9.17, 15) is 9.59 Å². The molecule has 2 aromatic rings. The second kappa shape index (κ2) is 9.54. The highest BCUT2D eigenvalue weighted by Gasteiger charge is 2.18. The van der Waals surface area contributed by atoms with Gasteiger partial charge in [-0.3, -0.25) is 9.59 Å². The summed E-state index contributed by atoms with van der Waals surface area (Å²) in [5.74, 6) is 0.909. The molecular weight excluding hydrogens is 360 g/mol. The first kappa shape index (κ1) is 20.9. The molecule has 9 heteroatoms. The van der Waals surface area contributed by atoms with Crippen LogP contribution in [0.5, 0.6) is 5.75 Å². The number of hydrogen-bond donors (Lipinski definition) is 3. The minimum Gasteiger partial charge on any atom is -0.497 e. The van der Waals surface area contributed by atoms with Crippen molar-refractivity contribution in [3.8, 4) is 5.75 Å². The molecule has 0 spiro atoms. The maximum atomic E-state index is 11.9. The Bertz CT molecular complexity index is 856. The zero-order chi connectivity index (χ0) is 20.7. The van der Waals surface area contributed by atoms with E-state index in [1.165, 1.54) is 0 Å². The smallest absolute Gasteiger partial charge is 0.271 e. The molecule has 28 heavy (non-hydrogen) atoms. The average Bonchev–Trinajstić information content (AvgIpc) is 2.68. The lowest BCUT2D eigenvalue weighted by molar-refractivity contribution is -0.109. The van der Waals surface area contributed by atoms with Gasteiger partial charge < -0.3 is 26.0 Å². The van der Waals surface area contributed by atoms with Crippen molar-refractivity contribution in [3.05, 3.63) is 35.2 Å². The summed E-state index contributed by atoms with van der Waals surface area (Å²) < 4.78 is 5.35. The van der Waals surface area contributed by atoms with Crippen molar-refractivity contribution in [2.24, 2.45) is 5.73 Å². The van der Waals surface area contributed by atoms with Crippen LogP contribution in [0.1, 0.15) is 28.7 Å². The largest absolute Gasteiger partial charge is 0.497 e. The Morgan fingerprint density at radius 3 is 2.68 bits per heavy atom. The van der Waals surface area contributed by atoms with Crippen LogP contribution in [0.3, 0.4) is 0 Å². The number of nitrogens with zero attached hydrogens (tertiary/aromatic N) is 3. The van der Waals surface area contributed by atoms with Gasteiger partial charge in [-0.15, -0.1) is 0 Å². The van der Waals surface area contributed by atoms with Crippen molar-refractivity contribution >= 4 is 29.6 Å². The predicted octanol–water partition coefficient (Wildman–Crippen LogP) is 1.38. The molecule has 0 aliphatic carbocycles. The number of hydrogen-bond acceptors (Lipinski definition) is 7. The Morgan fingerprint density at radius 2 is 2.07 bits per heavy atom. The van der Waals surface area contributed by atoms with E-state index in [0.29, 0.717) is 42.3 Å². The zero-order valence-electron chi connectivity index (χ0n) is 16.6. The van der Waals surface area contributed by atoms with Gasteiger partial charge in [0.2, 0.25) is 6.41 Å². The molecule has 4 N–H and O–H groups in total. The van der Waals surface area contributed by atoms with Crippen LogP contribution in [0.15, 0.2) is 18.2 Å². The number of nitrogens with two attached hydrogens (primary N) is 1. The van der Waals surface area contributed by atoms with Gasteiger partial charge in [0.25, 0.3) is 5.91 Å². The second-order valence-corrected chi connectivity index (χ2v) is 6.23. The number of benzene rings is 1. The molecule has 1 aromatic carbocycles. The number of anilines is 3. The van der Waals surface area contributed by atoms with E-state index in [4.69, 9.17) is 10.5 Å². The molecule has 0 aliphatic heterocycles. The summed E-state index contributed by atoms with van der Waals surface area (Å²) in [6.45, 7) is 5.02. The fourth-order valence-corrected chi connectivity index (χ4v) is 2.69. The molecule has 0 aliphatic rings. The molecular formula is C19H26N6O3. The second-order valence-electron chi connectivity index (χ2n) is 6.23. The molecule has 0 saturated heterocycles. The first-order valence-electron chi connectivity index (χ1n) is 8.91. The van der Waals surface area contributed by atoms with Crippen LogP contribution < -0.4 is 26.0 Å². The van der Waals surface area contributed by atoms with Crippen molar-refractivity contribution in [2.75, 3.05) is 37.5 Å². The van der Waals surface area contributed by atoms with Crippen LogP contribution in [0.25, 0.3) is 0 Å². The van der Waals surface area contributed by atoms with Gasteiger partial charge in [-0.25, -0.2) is 9.97 Å². The zero-order valence-corrected chi connectivity index (χ0v) is 16.6. The van der Waals surface area contributed by atoms with E-state index in [-0.39, 0.29) is 11.5 Å². The van der Waals surface area contributed by atoms with Crippen LogP contribution in [0.2, 0.25) is 0 Å². The van der Waals surface area contributed by atoms with E-state index in [0.717, 1.165) is 12.1 Å². The summed E-state index contributed by atoms with van der Waals surface area (Å²) in [7, 11) is 3.47. The number of aryl methyl sites for hydroxylation is 1. The van der Waals surface area contributed by atoms with Crippen molar-refractivity contribution in [2.45, 2.75) is 20.3 Å². The van der Waals surface area contributed by atoms with Gasteiger partial charge in [0, 0.05) is 31.9 Å². The summed E-state index contributed by atoms with van der Waals surface area (Å²) >= 11 is 0. The van der Waals surface area contributed by atoms with Gasteiger partial charge in [-0.2, -0.15) is 0 Å². The summed E-state index contributed by atoms with van der Waals surface area (Å²) in [6, 6.07) is 5.56. The van der Waals surface area contributed by atoms with E-state index >= 15 is 0 Å². The van der Waals surface area contributed by atoms with Crippen LogP contribution >= 0.6 is 0 Å². The standard InChI is InChI=1S/C19H26N6O3/c1-5-25(3)19-12(2)22-16(17(20)27)18(24-19)23-14-8-13(6-7-21-11-26)9-15(10-14)28-4/h8-11H,5-7H2,1-4H3,(H2,20,27)(H,21,26)(H,23,24). The highest BCUT2D eigenvalue weighted by molar-refractivity contribution is 5.96. The minimum atomic E-state index is -0.665. The molecule has 9 nitrogen and oxygen atoms in total. The fourth-order valence-electron chi connectivity index (χ4n) is 2.69. The molecule has 0 fully saturated rings. The highest BCUT2D eigenvalue weighted by Crippen LogP contribution is 2.27. The lowest BCUT2D eigenvalue weighted by Crippen LogP contribution is -2.23. The maximum absolute atomic E-state index is 11.9. The summed E-state index contributed by atoms with van der Waals surface area (Å²) in [5, 5.41) is 5.76. The van der Waals surface area contributed by atoms with Crippen molar-refractivity contribution < 1.29 is 14.3 Å². The van der Waals surface area contributed by atoms with Gasteiger partial charge in [-0.1, -0.05) is 0 Å². The third kappa shape index (κ3) is 5.09. The van der Waals surface area contributed by atoms with Crippen LogP contribution in [0.4, 0.5) is 17.3 Å². The normalized spacial score (nSPS) is 10.3. The third-order valence-corrected chi connectivity index (χ3v) is 4.22. The van der Waals surface area contributed by atoms with Gasteiger partial charge in [0.05, 0.1) is 12.8 Å². The molecule has 2 rings (SSSR count). The Hall–Kier alpha value is -3.36. The molecule has 0 atom stereocenters. The number of carbonyl (C=O) groups is 2. The van der Waals surface area contributed by atoms with Crippen LogP contribution in [-0.2, 0) is 11.2 Å². The number of carbonyl (C=O) groups excluding carboxylic acids is 2. The van der Waals surface area contributed by atoms with Gasteiger partial charge in [0.15, 0.2) is 17.3 Å². The van der Waals surface area contributed by atoms with E-state index in [1.807, 2.05) is 31.0 Å². The molecule has 150 valence electrons. The first-order valence-corrected chi connectivity index (χ1v) is 8.91. The van der Waals surface area contributed by atoms with Crippen LogP contribution in [0, 0.1) is 6.92 Å². The number of primary amides is 1. The van der Waals surface area contributed by atoms with E-state index in [1.54, 1.807) is 20.1 Å². The topological polar surface area (TPSA) is 122 Å². The van der Waals surface area contributed by atoms with Gasteiger partial charge in [0.1, 0.15) is 5.75 Å². The number of amides is 2. The van der Waals surface area contributed by atoms with Crippen molar-refractivity contribution in [1.82, 2.24) is 15.3 Å². The monoisotopic (exact) mass is 386 g/mol. The SMILES string of the molecule is CCN(C)c1nc(Nc2cc(CCNC=O)cc(OC)c2)c(C(N)=O)nc1C. The number of methoxy groups -OCH3 is 1. The van der Waals surface area contributed by atoms with Gasteiger partial charge >= 0.3 is 0 Å². The Labute approximate surface area is 164 Å². The lowest BCUT2D eigenvalue weighted by Gasteiger charge is -2.20. The predicted molar refractivity (Wildman–Crippen MR) is 108 cm³/mol.